The number of piperidine rings is 1. The summed E-state index contributed by atoms with van der Waals surface area (Å²) >= 11 is 1.90. The fourth-order valence-corrected chi connectivity index (χ4v) is 5.49. The van der Waals surface area contributed by atoms with Crippen LogP contribution in [-0.2, 0) is 6.42 Å². The number of hydrogen-bond donors (Lipinski definition) is 2. The molecule has 1 fully saturated rings. The second-order valence-corrected chi connectivity index (χ2v) is 9.39. The Morgan fingerprint density at radius 2 is 1.86 bits per heavy atom. The summed E-state index contributed by atoms with van der Waals surface area (Å²) in [4.78, 5) is 6.23. The van der Waals surface area contributed by atoms with Crippen LogP contribution in [0.5, 0.6) is 0 Å². The Balaban J connectivity index is 1.75. The lowest BCUT2D eigenvalue weighted by Crippen LogP contribution is -2.61. The van der Waals surface area contributed by atoms with Crippen molar-refractivity contribution in [1.29, 1.82) is 0 Å². The lowest BCUT2D eigenvalue weighted by Gasteiger charge is -2.47. The molecule has 0 amide bonds. The van der Waals surface area contributed by atoms with E-state index in [4.69, 9.17) is 4.98 Å². The number of rotatable bonds is 2. The minimum atomic E-state index is 0.209. The van der Waals surface area contributed by atoms with Gasteiger partial charge in [0.25, 0.3) is 0 Å². The first-order chi connectivity index (χ1) is 9.74. The minimum Gasteiger partial charge on any atom is -0.307 e. The maximum Gasteiger partial charge on any atom is 0.0900 e. The maximum atomic E-state index is 4.72. The van der Waals surface area contributed by atoms with Crippen molar-refractivity contribution < 1.29 is 0 Å². The summed E-state index contributed by atoms with van der Waals surface area (Å²) in [6, 6.07) is 1.12. The van der Waals surface area contributed by atoms with E-state index in [9.17, 15) is 0 Å². The smallest absolute Gasteiger partial charge is 0.0900 e. The Labute approximate surface area is 132 Å². The molecular weight excluding hydrogens is 278 g/mol. The van der Waals surface area contributed by atoms with Gasteiger partial charge in [-0.15, -0.1) is 11.3 Å². The first-order valence-electron chi connectivity index (χ1n) is 8.26. The fourth-order valence-electron chi connectivity index (χ4n) is 4.43. The van der Waals surface area contributed by atoms with Crippen molar-refractivity contribution in [2.24, 2.45) is 0 Å². The molecule has 3 nitrogen and oxygen atoms in total. The molecule has 4 heteroatoms. The molecule has 2 heterocycles. The number of nitrogens with one attached hydrogen (secondary N) is 2. The lowest BCUT2D eigenvalue weighted by molar-refractivity contribution is 0.138. The van der Waals surface area contributed by atoms with E-state index in [2.05, 4.69) is 45.3 Å². The van der Waals surface area contributed by atoms with E-state index in [0.29, 0.717) is 12.1 Å². The van der Waals surface area contributed by atoms with Crippen LogP contribution in [0, 0.1) is 6.92 Å². The van der Waals surface area contributed by atoms with Gasteiger partial charge in [0.15, 0.2) is 0 Å². The standard InChI is InChI=1S/C17H29N3S/c1-11-18-13-7-6-8-14(15(13)21-11)19-12-9-16(2,3)20-17(4,5)10-12/h12,14,19-20H,6-10H2,1-5H3/t14-/m0/s1. The summed E-state index contributed by atoms with van der Waals surface area (Å²) in [5.41, 5.74) is 1.77. The van der Waals surface area contributed by atoms with Crippen molar-refractivity contribution in [3.05, 3.63) is 15.6 Å². The molecule has 1 aromatic heterocycles. The van der Waals surface area contributed by atoms with Crippen LogP contribution in [0.1, 0.15) is 75.0 Å². The second-order valence-electron chi connectivity index (χ2n) is 8.15. The summed E-state index contributed by atoms with van der Waals surface area (Å²) in [6.07, 6.45) is 6.09. The molecule has 1 aliphatic heterocycles. The van der Waals surface area contributed by atoms with E-state index in [1.54, 1.807) is 0 Å². The average molecular weight is 308 g/mol. The molecule has 0 bridgehead atoms. The fraction of sp³-hybridized carbons (Fsp3) is 0.824. The molecule has 3 rings (SSSR count). The second kappa shape index (κ2) is 5.32. The molecular formula is C17H29N3S. The first kappa shape index (κ1) is 15.4. The van der Waals surface area contributed by atoms with Gasteiger partial charge in [-0.25, -0.2) is 4.98 Å². The van der Waals surface area contributed by atoms with E-state index in [0.717, 1.165) is 0 Å². The Morgan fingerprint density at radius 3 is 2.52 bits per heavy atom. The summed E-state index contributed by atoms with van der Waals surface area (Å²) in [5.74, 6) is 0. The predicted octanol–water partition coefficient (Wildman–Crippen LogP) is 3.73. The number of aryl methyl sites for hydroxylation is 2. The normalized spacial score (nSPS) is 28.3. The monoisotopic (exact) mass is 307 g/mol. The molecule has 1 aliphatic carbocycles. The number of thiazole rings is 1. The Bertz CT molecular complexity index is 502. The van der Waals surface area contributed by atoms with Crippen LogP contribution < -0.4 is 10.6 Å². The summed E-state index contributed by atoms with van der Waals surface area (Å²) in [7, 11) is 0. The molecule has 1 saturated heterocycles. The Kier molecular flexibility index (Phi) is 3.92. The van der Waals surface area contributed by atoms with E-state index in [1.807, 2.05) is 11.3 Å². The topological polar surface area (TPSA) is 37.0 Å². The molecule has 21 heavy (non-hydrogen) atoms. The highest BCUT2D eigenvalue weighted by Crippen LogP contribution is 2.36. The lowest BCUT2D eigenvalue weighted by atomic mass is 9.79. The highest BCUT2D eigenvalue weighted by Gasteiger charge is 2.39. The third-order valence-corrected chi connectivity index (χ3v) is 5.81. The molecule has 0 aromatic carbocycles. The van der Waals surface area contributed by atoms with Crippen LogP contribution in [-0.4, -0.2) is 22.1 Å². The van der Waals surface area contributed by atoms with Gasteiger partial charge in [-0.3, -0.25) is 0 Å². The van der Waals surface area contributed by atoms with Gasteiger partial charge >= 0.3 is 0 Å². The zero-order valence-corrected chi connectivity index (χ0v) is 14.9. The molecule has 1 aromatic rings. The van der Waals surface area contributed by atoms with Gasteiger partial charge in [0.2, 0.25) is 0 Å². The van der Waals surface area contributed by atoms with Crippen molar-refractivity contribution in [3.63, 3.8) is 0 Å². The van der Waals surface area contributed by atoms with Crippen LogP contribution in [0.2, 0.25) is 0 Å². The summed E-state index contributed by atoms with van der Waals surface area (Å²) < 4.78 is 0. The highest BCUT2D eigenvalue weighted by atomic mass is 32.1. The molecule has 2 aliphatic rings. The third-order valence-electron chi connectivity index (χ3n) is 4.68. The SMILES string of the molecule is Cc1nc2c(s1)[C@@H](NC1CC(C)(C)NC(C)(C)C1)CCC2. The van der Waals surface area contributed by atoms with E-state index in [1.165, 1.54) is 47.7 Å². The zero-order valence-electron chi connectivity index (χ0n) is 14.0. The van der Waals surface area contributed by atoms with Gasteiger partial charge in [-0.2, -0.15) is 0 Å². The van der Waals surface area contributed by atoms with Crippen LogP contribution in [0.4, 0.5) is 0 Å². The molecule has 0 radical (unpaired) electrons. The van der Waals surface area contributed by atoms with Crippen LogP contribution >= 0.6 is 11.3 Å². The highest BCUT2D eigenvalue weighted by molar-refractivity contribution is 7.11. The van der Waals surface area contributed by atoms with Gasteiger partial charge in [0.1, 0.15) is 0 Å². The number of nitrogens with zero attached hydrogens (tertiary/aromatic N) is 1. The van der Waals surface area contributed by atoms with Gasteiger partial charge in [0.05, 0.1) is 10.7 Å². The number of hydrogen-bond acceptors (Lipinski definition) is 4. The summed E-state index contributed by atoms with van der Waals surface area (Å²) in [5, 5.41) is 8.96. The number of fused-ring (bicyclic) bond motifs is 1. The van der Waals surface area contributed by atoms with Gasteiger partial charge in [-0.1, -0.05) is 0 Å². The van der Waals surface area contributed by atoms with E-state index in [-0.39, 0.29) is 11.1 Å². The van der Waals surface area contributed by atoms with Crippen molar-refractivity contribution in [1.82, 2.24) is 15.6 Å². The molecule has 2 N–H and O–H groups in total. The quantitative estimate of drug-likeness (QED) is 0.874. The predicted molar refractivity (Wildman–Crippen MR) is 90.0 cm³/mol. The minimum absolute atomic E-state index is 0.209. The van der Waals surface area contributed by atoms with Crippen molar-refractivity contribution >= 4 is 11.3 Å². The van der Waals surface area contributed by atoms with Gasteiger partial charge in [0, 0.05) is 28.0 Å². The summed E-state index contributed by atoms with van der Waals surface area (Å²) in [6.45, 7) is 11.4. The van der Waals surface area contributed by atoms with Gasteiger partial charge in [-0.05, 0) is 66.7 Å². The average Bonchev–Trinajstić information content (AvgIpc) is 2.66. The first-order valence-corrected chi connectivity index (χ1v) is 9.07. The molecule has 0 spiro atoms. The number of aromatic nitrogens is 1. The maximum absolute atomic E-state index is 4.72. The Morgan fingerprint density at radius 1 is 1.19 bits per heavy atom. The van der Waals surface area contributed by atoms with E-state index < -0.39 is 0 Å². The molecule has 0 saturated carbocycles. The van der Waals surface area contributed by atoms with Crippen LogP contribution in [0.25, 0.3) is 0 Å². The Hall–Kier alpha value is -0.450. The molecule has 118 valence electrons. The third kappa shape index (κ3) is 3.49. The van der Waals surface area contributed by atoms with Crippen LogP contribution in [0.15, 0.2) is 0 Å². The van der Waals surface area contributed by atoms with Gasteiger partial charge < -0.3 is 10.6 Å². The van der Waals surface area contributed by atoms with E-state index >= 15 is 0 Å². The van der Waals surface area contributed by atoms with Crippen molar-refractivity contribution in [2.75, 3.05) is 0 Å². The molecule has 0 unspecified atom stereocenters. The largest absolute Gasteiger partial charge is 0.307 e. The van der Waals surface area contributed by atoms with Crippen molar-refractivity contribution in [3.8, 4) is 0 Å². The van der Waals surface area contributed by atoms with Crippen LogP contribution in [0.3, 0.4) is 0 Å². The zero-order chi connectivity index (χ0) is 15.3. The van der Waals surface area contributed by atoms with Crippen molar-refractivity contribution in [2.45, 2.75) is 89.9 Å². The molecule has 1 atom stereocenters.